The molecule has 0 saturated carbocycles. The average molecular weight is 209 g/mol. The first kappa shape index (κ1) is 14.1. The maximum absolute atomic E-state index is 5.40. The van der Waals surface area contributed by atoms with E-state index >= 15 is 0 Å². The van der Waals surface area contributed by atoms with Crippen LogP contribution in [0, 0.1) is 0 Å². The van der Waals surface area contributed by atoms with E-state index in [0.29, 0.717) is 12.6 Å². The molecule has 2 nitrogen and oxygen atoms in total. The van der Waals surface area contributed by atoms with E-state index in [1.165, 1.54) is 12.0 Å². The molecule has 2 N–H and O–H groups in total. The molecule has 0 aliphatic carbocycles. The van der Waals surface area contributed by atoms with E-state index in [1.54, 1.807) is 7.11 Å². The highest BCUT2D eigenvalue weighted by Crippen LogP contribution is 1.98. The fourth-order valence-electron chi connectivity index (χ4n) is 1.20. The van der Waals surface area contributed by atoms with Gasteiger partial charge in [0.2, 0.25) is 0 Å². The predicted octanol–water partition coefficient (Wildman–Crippen LogP) is 2.97. The van der Waals surface area contributed by atoms with E-state index in [1.807, 2.05) is 37.3 Å². The van der Waals surface area contributed by atoms with Gasteiger partial charge >= 0.3 is 0 Å². The lowest BCUT2D eigenvalue weighted by atomic mass is 10.2. The first-order valence-corrected chi connectivity index (χ1v) is 5.49. The van der Waals surface area contributed by atoms with Crippen molar-refractivity contribution in [3.05, 3.63) is 35.9 Å². The normalized spacial score (nSPS) is 11.5. The number of rotatable bonds is 4. The van der Waals surface area contributed by atoms with Crippen LogP contribution in [0.25, 0.3) is 0 Å². The number of methoxy groups -OCH3 is 1. The first-order valence-electron chi connectivity index (χ1n) is 5.49. The molecule has 1 atom stereocenters. The highest BCUT2D eigenvalue weighted by Gasteiger charge is 1.85. The summed E-state index contributed by atoms with van der Waals surface area (Å²) in [4.78, 5) is 0. The van der Waals surface area contributed by atoms with Gasteiger partial charge in [0, 0.05) is 13.2 Å². The van der Waals surface area contributed by atoms with Gasteiger partial charge in [0.15, 0.2) is 0 Å². The van der Waals surface area contributed by atoms with Crippen LogP contribution >= 0.6 is 0 Å². The fourth-order valence-corrected chi connectivity index (χ4v) is 1.20. The lowest BCUT2D eigenvalue weighted by Crippen LogP contribution is -2.13. The van der Waals surface area contributed by atoms with E-state index < -0.39 is 0 Å². The van der Waals surface area contributed by atoms with Gasteiger partial charge in [0.25, 0.3) is 0 Å². The van der Waals surface area contributed by atoms with Crippen molar-refractivity contribution in [1.29, 1.82) is 0 Å². The number of nitrogens with two attached hydrogens (primary N) is 1. The molecule has 1 aromatic carbocycles. The molecule has 1 rings (SSSR count). The van der Waals surface area contributed by atoms with Gasteiger partial charge in [-0.3, -0.25) is 0 Å². The zero-order valence-electron chi connectivity index (χ0n) is 10.1. The lowest BCUT2D eigenvalue weighted by molar-refractivity contribution is 0.185. The topological polar surface area (TPSA) is 35.2 Å². The van der Waals surface area contributed by atoms with Gasteiger partial charge in [-0.25, -0.2) is 0 Å². The van der Waals surface area contributed by atoms with Crippen LogP contribution in [0.15, 0.2) is 30.3 Å². The molecule has 0 aliphatic rings. The summed E-state index contributed by atoms with van der Waals surface area (Å²) < 4.78 is 4.93. The third-order valence-electron chi connectivity index (χ3n) is 1.90. The second-order valence-corrected chi connectivity index (χ2v) is 3.68. The molecule has 86 valence electrons. The predicted molar refractivity (Wildman–Crippen MR) is 65.7 cm³/mol. The Morgan fingerprint density at radius 3 is 2.20 bits per heavy atom. The molecule has 2 heteroatoms. The highest BCUT2D eigenvalue weighted by molar-refractivity contribution is 5.13. The summed E-state index contributed by atoms with van der Waals surface area (Å²) in [6.45, 7) is 4.88. The van der Waals surface area contributed by atoms with Gasteiger partial charge in [-0.05, 0) is 18.9 Å². The van der Waals surface area contributed by atoms with Crippen molar-refractivity contribution < 1.29 is 4.74 Å². The quantitative estimate of drug-likeness (QED) is 0.827. The van der Waals surface area contributed by atoms with Crippen molar-refractivity contribution in [2.75, 3.05) is 7.11 Å². The van der Waals surface area contributed by atoms with E-state index in [2.05, 4.69) is 6.92 Å². The van der Waals surface area contributed by atoms with E-state index in [0.717, 1.165) is 6.42 Å². The molecule has 1 unspecified atom stereocenters. The summed E-state index contributed by atoms with van der Waals surface area (Å²) in [6.07, 6.45) is 2.36. The van der Waals surface area contributed by atoms with E-state index in [4.69, 9.17) is 10.5 Å². The summed E-state index contributed by atoms with van der Waals surface area (Å²) in [6, 6.07) is 10.5. The summed E-state index contributed by atoms with van der Waals surface area (Å²) >= 11 is 0. The Morgan fingerprint density at radius 1 is 1.27 bits per heavy atom. The minimum atomic E-state index is 0.398. The summed E-state index contributed by atoms with van der Waals surface area (Å²) in [5.41, 5.74) is 6.63. The third kappa shape index (κ3) is 9.44. The van der Waals surface area contributed by atoms with Crippen molar-refractivity contribution in [2.24, 2.45) is 5.73 Å². The second-order valence-electron chi connectivity index (χ2n) is 3.68. The van der Waals surface area contributed by atoms with Gasteiger partial charge < -0.3 is 10.5 Å². The monoisotopic (exact) mass is 209 g/mol. The van der Waals surface area contributed by atoms with Gasteiger partial charge in [-0.2, -0.15) is 0 Å². The average Bonchev–Trinajstić information content (AvgIpc) is 2.20. The SMILES string of the molecule is CCCC(C)N.COCc1ccccc1. The van der Waals surface area contributed by atoms with Crippen LogP contribution in [0.2, 0.25) is 0 Å². The molecule has 0 saturated heterocycles. The molecular formula is C13H23NO. The molecule has 0 spiro atoms. The van der Waals surface area contributed by atoms with Crippen LogP contribution in [0.3, 0.4) is 0 Å². The van der Waals surface area contributed by atoms with E-state index in [-0.39, 0.29) is 0 Å². The molecule has 0 aromatic heterocycles. The lowest BCUT2D eigenvalue weighted by Gasteiger charge is -1.96. The largest absolute Gasteiger partial charge is 0.380 e. The van der Waals surface area contributed by atoms with Gasteiger partial charge in [0.1, 0.15) is 0 Å². The molecule has 1 aromatic rings. The minimum absolute atomic E-state index is 0.398. The standard InChI is InChI=1S/C8H10O.C5H13N/c1-9-7-8-5-3-2-4-6-8;1-3-4-5(2)6/h2-6H,7H2,1H3;5H,3-4,6H2,1-2H3. The molecule has 0 radical (unpaired) electrons. The van der Waals surface area contributed by atoms with Crippen molar-refractivity contribution in [1.82, 2.24) is 0 Å². The Balaban J connectivity index is 0.000000288. The number of hydrogen-bond acceptors (Lipinski definition) is 2. The number of hydrogen-bond donors (Lipinski definition) is 1. The smallest absolute Gasteiger partial charge is 0.0713 e. The number of benzene rings is 1. The third-order valence-corrected chi connectivity index (χ3v) is 1.90. The van der Waals surface area contributed by atoms with Crippen molar-refractivity contribution in [2.45, 2.75) is 39.3 Å². The molecular weight excluding hydrogens is 186 g/mol. The summed E-state index contributed by atoms with van der Waals surface area (Å²) in [7, 11) is 1.70. The Hall–Kier alpha value is -0.860. The molecule has 15 heavy (non-hydrogen) atoms. The zero-order chi connectivity index (χ0) is 11.5. The Morgan fingerprint density at radius 2 is 1.87 bits per heavy atom. The van der Waals surface area contributed by atoms with Crippen LogP contribution < -0.4 is 5.73 Å². The van der Waals surface area contributed by atoms with Crippen LogP contribution in [-0.4, -0.2) is 13.2 Å². The van der Waals surface area contributed by atoms with Gasteiger partial charge in [0.05, 0.1) is 6.61 Å². The Bertz CT molecular complexity index is 221. The maximum Gasteiger partial charge on any atom is 0.0713 e. The van der Waals surface area contributed by atoms with Crippen LogP contribution in [-0.2, 0) is 11.3 Å². The molecule has 0 heterocycles. The molecule has 0 aliphatic heterocycles. The van der Waals surface area contributed by atoms with Gasteiger partial charge in [-0.1, -0.05) is 43.7 Å². The second kappa shape index (κ2) is 9.69. The maximum atomic E-state index is 5.40. The zero-order valence-corrected chi connectivity index (χ0v) is 10.1. The highest BCUT2D eigenvalue weighted by atomic mass is 16.5. The minimum Gasteiger partial charge on any atom is -0.380 e. The summed E-state index contributed by atoms with van der Waals surface area (Å²) in [5.74, 6) is 0. The van der Waals surface area contributed by atoms with Crippen molar-refractivity contribution in [3.8, 4) is 0 Å². The van der Waals surface area contributed by atoms with Crippen molar-refractivity contribution in [3.63, 3.8) is 0 Å². The Kier molecular flexibility index (Phi) is 9.13. The molecule has 0 fully saturated rings. The van der Waals surface area contributed by atoms with Crippen LogP contribution in [0.4, 0.5) is 0 Å². The van der Waals surface area contributed by atoms with E-state index in [9.17, 15) is 0 Å². The first-order chi connectivity index (χ1) is 7.20. The Labute approximate surface area is 93.4 Å². The fraction of sp³-hybridized carbons (Fsp3) is 0.538. The molecule has 0 amide bonds. The van der Waals surface area contributed by atoms with Crippen LogP contribution in [0.5, 0.6) is 0 Å². The number of ether oxygens (including phenoxy) is 1. The van der Waals surface area contributed by atoms with Crippen LogP contribution in [0.1, 0.15) is 32.3 Å². The summed E-state index contributed by atoms with van der Waals surface area (Å²) in [5, 5.41) is 0. The molecule has 0 bridgehead atoms. The van der Waals surface area contributed by atoms with Crippen molar-refractivity contribution >= 4 is 0 Å². The van der Waals surface area contributed by atoms with Gasteiger partial charge in [-0.15, -0.1) is 0 Å².